The third-order valence-electron chi connectivity index (χ3n) is 3.24. The number of alkyl carbamates (subject to hydrolysis) is 1. The van der Waals surface area contributed by atoms with E-state index < -0.39 is 41.8 Å². The van der Waals surface area contributed by atoms with Crippen LogP contribution in [0.25, 0.3) is 0 Å². The maximum Gasteiger partial charge on any atom is 0.408 e. The van der Waals surface area contributed by atoms with Crippen molar-refractivity contribution >= 4 is 23.9 Å². The summed E-state index contributed by atoms with van der Waals surface area (Å²) in [7, 11) is 1.22. The van der Waals surface area contributed by atoms with Crippen molar-refractivity contribution in [2.24, 2.45) is 0 Å². The normalized spacial score (nSPS) is 20.5. The van der Waals surface area contributed by atoms with Gasteiger partial charge in [0.1, 0.15) is 5.60 Å². The Morgan fingerprint density at radius 1 is 1.28 bits per heavy atom. The number of nitrogens with zero attached hydrogens (tertiary/aromatic N) is 1. The summed E-state index contributed by atoms with van der Waals surface area (Å²) in [6.07, 6.45) is -0.336. The lowest BCUT2D eigenvalue weighted by molar-refractivity contribution is -0.188. The number of likely N-dealkylation sites (tertiary alicyclic amines) is 1. The molecule has 1 aliphatic heterocycles. The molecule has 1 rings (SSSR count). The highest BCUT2D eigenvalue weighted by molar-refractivity contribution is 5.95. The fraction of sp³-hybridized carbons (Fsp3) is 0.625. The van der Waals surface area contributed by atoms with Crippen LogP contribution in [0.1, 0.15) is 34.6 Å². The van der Waals surface area contributed by atoms with Gasteiger partial charge < -0.3 is 19.5 Å². The lowest BCUT2D eigenvalue weighted by Gasteiger charge is -2.45. The van der Waals surface area contributed by atoms with Crippen LogP contribution >= 0.6 is 0 Å². The molecule has 0 bridgehead atoms. The molecule has 0 aliphatic carbocycles. The molecule has 2 atom stereocenters. The summed E-state index contributed by atoms with van der Waals surface area (Å²) in [4.78, 5) is 48.3. The SMILES string of the molecule is C/C=C(/CN1C(=O)[C@@H](NC(=O)OC(C)(C)C)[C@@H]1OC(C)=O)C(=O)OC. The van der Waals surface area contributed by atoms with Gasteiger partial charge in [0.2, 0.25) is 6.23 Å². The van der Waals surface area contributed by atoms with E-state index in [-0.39, 0.29) is 12.1 Å². The summed E-state index contributed by atoms with van der Waals surface area (Å²) >= 11 is 0. The molecule has 0 saturated carbocycles. The maximum atomic E-state index is 12.3. The Morgan fingerprint density at radius 3 is 2.32 bits per heavy atom. The largest absolute Gasteiger partial charge is 0.466 e. The summed E-state index contributed by atoms with van der Waals surface area (Å²) in [6, 6.07) is -1.07. The van der Waals surface area contributed by atoms with E-state index in [0.29, 0.717) is 0 Å². The number of nitrogens with one attached hydrogen (secondary N) is 1. The standard InChI is InChI=1S/C16H24N2O7/c1-7-10(14(21)23-6)8-18-12(20)11(13(18)24-9(2)19)17-15(22)25-16(3,4)5/h7,11,13H,8H2,1-6H3,(H,17,22)/b10-7-/t11-,13+/m1/s1. The molecular formula is C16H24N2O7. The van der Waals surface area contributed by atoms with Crippen LogP contribution in [0.2, 0.25) is 0 Å². The molecule has 1 saturated heterocycles. The van der Waals surface area contributed by atoms with Gasteiger partial charge in [0.05, 0.1) is 19.2 Å². The van der Waals surface area contributed by atoms with Gasteiger partial charge in [-0.3, -0.25) is 14.5 Å². The summed E-state index contributed by atoms with van der Waals surface area (Å²) in [5, 5.41) is 2.38. The van der Waals surface area contributed by atoms with Crippen LogP contribution in [0.4, 0.5) is 4.79 Å². The van der Waals surface area contributed by atoms with Gasteiger partial charge in [-0.25, -0.2) is 9.59 Å². The maximum absolute atomic E-state index is 12.3. The van der Waals surface area contributed by atoms with Crippen molar-refractivity contribution in [3.05, 3.63) is 11.6 Å². The molecule has 1 N–H and O–H groups in total. The Labute approximate surface area is 146 Å². The lowest BCUT2D eigenvalue weighted by atomic mass is 10.0. The van der Waals surface area contributed by atoms with Crippen LogP contribution in [-0.2, 0) is 28.6 Å². The van der Waals surface area contributed by atoms with Gasteiger partial charge in [0.25, 0.3) is 5.91 Å². The van der Waals surface area contributed by atoms with Gasteiger partial charge in [-0.15, -0.1) is 0 Å². The van der Waals surface area contributed by atoms with Crippen LogP contribution in [0.15, 0.2) is 11.6 Å². The second kappa shape index (κ2) is 8.00. The third kappa shape index (κ3) is 5.47. The molecule has 0 unspecified atom stereocenters. The van der Waals surface area contributed by atoms with Crippen LogP contribution < -0.4 is 5.32 Å². The zero-order valence-corrected chi connectivity index (χ0v) is 15.2. The second-order valence-electron chi connectivity index (χ2n) is 6.40. The number of methoxy groups -OCH3 is 1. The summed E-state index contributed by atoms with van der Waals surface area (Å²) in [5.41, 5.74) is -0.514. The Morgan fingerprint density at radius 2 is 1.88 bits per heavy atom. The van der Waals surface area contributed by atoms with E-state index in [9.17, 15) is 19.2 Å². The smallest absolute Gasteiger partial charge is 0.408 e. The highest BCUT2D eigenvalue weighted by Crippen LogP contribution is 2.24. The molecular weight excluding hydrogens is 332 g/mol. The second-order valence-corrected chi connectivity index (χ2v) is 6.40. The lowest BCUT2D eigenvalue weighted by Crippen LogP contribution is -2.72. The fourth-order valence-electron chi connectivity index (χ4n) is 2.15. The minimum Gasteiger partial charge on any atom is -0.466 e. The molecule has 2 amide bonds. The zero-order valence-electron chi connectivity index (χ0n) is 15.2. The molecule has 0 aromatic carbocycles. The first-order valence-corrected chi connectivity index (χ1v) is 7.71. The van der Waals surface area contributed by atoms with Crippen LogP contribution in [0, 0.1) is 0 Å². The van der Waals surface area contributed by atoms with Gasteiger partial charge >= 0.3 is 18.0 Å². The van der Waals surface area contributed by atoms with Crippen LogP contribution in [-0.4, -0.2) is 60.4 Å². The number of esters is 2. The molecule has 0 aromatic rings. The van der Waals surface area contributed by atoms with Gasteiger partial charge in [0.15, 0.2) is 6.04 Å². The third-order valence-corrected chi connectivity index (χ3v) is 3.24. The number of rotatable bonds is 5. The van der Waals surface area contributed by atoms with Crippen molar-refractivity contribution in [1.82, 2.24) is 10.2 Å². The first-order valence-electron chi connectivity index (χ1n) is 7.71. The number of β-lactam (4-membered cyclic amide) rings is 1. The van der Waals surface area contributed by atoms with E-state index in [0.717, 1.165) is 4.90 Å². The topological polar surface area (TPSA) is 111 Å². The van der Waals surface area contributed by atoms with E-state index in [1.807, 2.05) is 0 Å². The first kappa shape index (κ1) is 20.5. The summed E-state index contributed by atoms with van der Waals surface area (Å²) in [6.45, 7) is 7.74. The van der Waals surface area contributed by atoms with Gasteiger partial charge in [-0.05, 0) is 27.7 Å². The Kier molecular flexibility index (Phi) is 6.55. The number of hydrogen-bond acceptors (Lipinski definition) is 7. The van der Waals surface area contributed by atoms with Gasteiger partial charge in [-0.1, -0.05) is 6.08 Å². The Balaban J connectivity index is 2.85. The van der Waals surface area contributed by atoms with E-state index in [4.69, 9.17) is 9.47 Å². The van der Waals surface area contributed by atoms with Gasteiger partial charge in [0, 0.05) is 6.92 Å². The van der Waals surface area contributed by atoms with Crippen molar-refractivity contribution < 1.29 is 33.4 Å². The quantitative estimate of drug-likeness (QED) is 0.334. The minimum atomic E-state index is -1.07. The monoisotopic (exact) mass is 356 g/mol. The first-order chi connectivity index (χ1) is 11.5. The molecule has 1 heterocycles. The molecule has 1 aliphatic rings. The molecule has 0 aromatic heterocycles. The van der Waals surface area contributed by atoms with Crippen LogP contribution in [0.3, 0.4) is 0 Å². The predicted molar refractivity (Wildman–Crippen MR) is 86.2 cm³/mol. The number of allylic oxidation sites excluding steroid dienone is 1. The highest BCUT2D eigenvalue weighted by Gasteiger charge is 2.51. The molecule has 25 heavy (non-hydrogen) atoms. The van der Waals surface area contributed by atoms with Crippen molar-refractivity contribution in [2.45, 2.75) is 52.5 Å². The molecule has 9 heteroatoms. The van der Waals surface area contributed by atoms with E-state index in [1.165, 1.54) is 20.1 Å². The Hall–Kier alpha value is -2.58. The fourth-order valence-corrected chi connectivity index (χ4v) is 2.15. The number of hydrogen-bond donors (Lipinski definition) is 1. The minimum absolute atomic E-state index is 0.105. The average Bonchev–Trinajstić information content (AvgIpc) is 2.49. The number of amides is 2. The summed E-state index contributed by atoms with van der Waals surface area (Å²) < 4.78 is 14.8. The van der Waals surface area contributed by atoms with Crippen LogP contribution in [0.5, 0.6) is 0 Å². The molecule has 1 fully saturated rings. The molecule has 0 radical (unpaired) electrons. The van der Waals surface area contributed by atoms with Gasteiger partial charge in [-0.2, -0.15) is 0 Å². The van der Waals surface area contributed by atoms with Crippen molar-refractivity contribution in [3.63, 3.8) is 0 Å². The van der Waals surface area contributed by atoms with Crippen molar-refractivity contribution in [1.29, 1.82) is 0 Å². The molecule has 140 valence electrons. The highest BCUT2D eigenvalue weighted by atomic mass is 16.6. The van der Waals surface area contributed by atoms with E-state index in [1.54, 1.807) is 27.7 Å². The van der Waals surface area contributed by atoms with Crippen molar-refractivity contribution in [2.75, 3.05) is 13.7 Å². The predicted octanol–water partition coefficient (Wildman–Crippen LogP) is 0.730. The Bertz CT molecular complexity index is 592. The molecule has 0 spiro atoms. The number of ether oxygens (including phenoxy) is 3. The van der Waals surface area contributed by atoms with E-state index in [2.05, 4.69) is 10.1 Å². The van der Waals surface area contributed by atoms with E-state index >= 15 is 0 Å². The average molecular weight is 356 g/mol. The number of carbonyl (C=O) groups is 4. The summed E-state index contributed by atoms with van der Waals surface area (Å²) in [5.74, 6) is -1.72. The molecule has 9 nitrogen and oxygen atoms in total. The van der Waals surface area contributed by atoms with Crippen molar-refractivity contribution in [3.8, 4) is 0 Å². The number of carbonyl (C=O) groups excluding carboxylic acids is 4. The zero-order chi connectivity index (χ0) is 19.4.